The predicted molar refractivity (Wildman–Crippen MR) is 67.4 cm³/mol. The monoisotopic (exact) mass is 234 g/mol. The zero-order valence-corrected chi connectivity index (χ0v) is 10.3. The van der Waals surface area contributed by atoms with Crippen LogP contribution in [0.25, 0.3) is 0 Å². The van der Waals surface area contributed by atoms with E-state index in [-0.39, 0.29) is 5.91 Å². The van der Waals surface area contributed by atoms with E-state index in [1.54, 1.807) is 19.0 Å². The number of benzene rings is 1. The van der Waals surface area contributed by atoms with Crippen LogP contribution in [-0.2, 0) is 11.2 Å². The van der Waals surface area contributed by atoms with Gasteiger partial charge in [-0.15, -0.1) is 0 Å². The van der Waals surface area contributed by atoms with Gasteiger partial charge in [0.2, 0.25) is 5.91 Å². The highest BCUT2D eigenvalue weighted by atomic mass is 16.5. The summed E-state index contributed by atoms with van der Waals surface area (Å²) in [6.45, 7) is 1.13. The molecule has 0 saturated heterocycles. The minimum absolute atomic E-state index is 0.0685. The largest absolute Gasteiger partial charge is 0.493 e. The van der Waals surface area contributed by atoms with Crippen LogP contribution in [0.1, 0.15) is 12.0 Å². The number of nitrogens with one attached hydrogen (secondary N) is 1. The average Bonchev–Trinajstić information content (AvgIpc) is 2.35. The van der Waals surface area contributed by atoms with Crippen molar-refractivity contribution in [3.05, 3.63) is 23.8 Å². The SMILES string of the molecule is CN(C)C(=O)CNc1ccc2c(c1)CCCO2. The molecule has 0 saturated carbocycles. The summed E-state index contributed by atoms with van der Waals surface area (Å²) in [6.07, 6.45) is 2.11. The molecule has 17 heavy (non-hydrogen) atoms. The molecule has 92 valence electrons. The second kappa shape index (κ2) is 5.08. The maximum Gasteiger partial charge on any atom is 0.241 e. The van der Waals surface area contributed by atoms with E-state index in [1.807, 2.05) is 12.1 Å². The number of likely N-dealkylation sites (N-methyl/N-ethyl adjacent to an activating group) is 1. The van der Waals surface area contributed by atoms with Crippen molar-refractivity contribution in [1.29, 1.82) is 0 Å². The fraction of sp³-hybridized carbons (Fsp3) is 0.462. The molecule has 0 unspecified atom stereocenters. The summed E-state index contributed by atoms with van der Waals surface area (Å²) in [5.41, 5.74) is 2.20. The van der Waals surface area contributed by atoms with Gasteiger partial charge in [0.25, 0.3) is 0 Å². The molecule has 4 nitrogen and oxygen atoms in total. The lowest BCUT2D eigenvalue weighted by molar-refractivity contribution is -0.126. The first-order valence-corrected chi connectivity index (χ1v) is 5.86. The van der Waals surface area contributed by atoms with Gasteiger partial charge in [-0.3, -0.25) is 4.79 Å². The number of hydrogen-bond donors (Lipinski definition) is 1. The van der Waals surface area contributed by atoms with Crippen LogP contribution < -0.4 is 10.1 Å². The van der Waals surface area contributed by atoms with Crippen LogP contribution in [-0.4, -0.2) is 38.1 Å². The van der Waals surface area contributed by atoms with Crippen molar-refractivity contribution in [2.75, 3.05) is 32.6 Å². The number of carbonyl (C=O) groups is 1. The molecule has 1 aliphatic heterocycles. The highest BCUT2D eigenvalue weighted by molar-refractivity contribution is 5.80. The molecule has 1 heterocycles. The quantitative estimate of drug-likeness (QED) is 0.862. The molecule has 0 bridgehead atoms. The minimum atomic E-state index is 0.0685. The van der Waals surface area contributed by atoms with E-state index in [2.05, 4.69) is 11.4 Å². The number of carbonyl (C=O) groups excluding carboxylic acids is 1. The van der Waals surface area contributed by atoms with Crippen molar-refractivity contribution in [1.82, 2.24) is 4.90 Å². The van der Waals surface area contributed by atoms with Gasteiger partial charge in [0, 0.05) is 19.8 Å². The van der Waals surface area contributed by atoms with E-state index in [0.29, 0.717) is 6.54 Å². The van der Waals surface area contributed by atoms with Gasteiger partial charge in [0.15, 0.2) is 0 Å². The first kappa shape index (κ1) is 11.8. The van der Waals surface area contributed by atoms with Crippen molar-refractivity contribution in [3.8, 4) is 5.75 Å². The van der Waals surface area contributed by atoms with Gasteiger partial charge in [-0.1, -0.05) is 0 Å². The van der Waals surface area contributed by atoms with Crippen LogP contribution in [0.4, 0.5) is 5.69 Å². The first-order valence-electron chi connectivity index (χ1n) is 5.86. The summed E-state index contributed by atoms with van der Waals surface area (Å²) >= 11 is 0. The fourth-order valence-electron chi connectivity index (χ4n) is 1.81. The first-order chi connectivity index (χ1) is 8.16. The molecular weight excluding hydrogens is 216 g/mol. The number of hydrogen-bond acceptors (Lipinski definition) is 3. The molecule has 1 aromatic rings. The average molecular weight is 234 g/mol. The van der Waals surface area contributed by atoms with Crippen molar-refractivity contribution < 1.29 is 9.53 Å². The van der Waals surface area contributed by atoms with Crippen LogP contribution in [0.2, 0.25) is 0 Å². The van der Waals surface area contributed by atoms with Crippen LogP contribution in [0, 0.1) is 0 Å². The van der Waals surface area contributed by atoms with Crippen LogP contribution in [0.3, 0.4) is 0 Å². The maximum atomic E-state index is 11.4. The lowest BCUT2D eigenvalue weighted by Crippen LogP contribution is -2.28. The summed E-state index contributed by atoms with van der Waals surface area (Å²) in [5.74, 6) is 1.04. The smallest absolute Gasteiger partial charge is 0.241 e. The Morgan fingerprint density at radius 3 is 3.06 bits per heavy atom. The molecule has 0 radical (unpaired) electrons. The molecule has 4 heteroatoms. The summed E-state index contributed by atoms with van der Waals surface area (Å²) < 4.78 is 5.54. The van der Waals surface area contributed by atoms with E-state index < -0.39 is 0 Å². The number of ether oxygens (including phenoxy) is 1. The molecule has 1 N–H and O–H groups in total. The number of amides is 1. The van der Waals surface area contributed by atoms with E-state index in [0.717, 1.165) is 30.9 Å². The highest BCUT2D eigenvalue weighted by Gasteiger charge is 2.11. The van der Waals surface area contributed by atoms with Gasteiger partial charge in [-0.2, -0.15) is 0 Å². The Labute approximate surface area is 102 Å². The van der Waals surface area contributed by atoms with Gasteiger partial charge in [-0.25, -0.2) is 0 Å². The van der Waals surface area contributed by atoms with Crippen LogP contribution in [0.15, 0.2) is 18.2 Å². The molecule has 1 amide bonds. The van der Waals surface area contributed by atoms with Crippen LogP contribution >= 0.6 is 0 Å². The van der Waals surface area contributed by atoms with Gasteiger partial charge in [-0.05, 0) is 36.6 Å². The molecule has 0 spiro atoms. The maximum absolute atomic E-state index is 11.4. The molecule has 0 atom stereocenters. The molecular formula is C13H18N2O2. The third-order valence-electron chi connectivity index (χ3n) is 2.85. The minimum Gasteiger partial charge on any atom is -0.493 e. The molecule has 1 aromatic carbocycles. The van der Waals surface area contributed by atoms with Gasteiger partial charge in [0.05, 0.1) is 13.2 Å². The van der Waals surface area contributed by atoms with Crippen molar-refractivity contribution in [3.63, 3.8) is 0 Å². The Kier molecular flexibility index (Phi) is 3.52. The summed E-state index contributed by atoms with van der Waals surface area (Å²) in [4.78, 5) is 13.0. The summed E-state index contributed by atoms with van der Waals surface area (Å²) in [5, 5.41) is 3.13. The van der Waals surface area contributed by atoms with Crippen molar-refractivity contribution >= 4 is 11.6 Å². The molecule has 0 fully saturated rings. The topological polar surface area (TPSA) is 41.6 Å². The lowest BCUT2D eigenvalue weighted by atomic mass is 10.1. The Morgan fingerprint density at radius 1 is 1.47 bits per heavy atom. The zero-order valence-electron chi connectivity index (χ0n) is 10.3. The second-order valence-corrected chi connectivity index (χ2v) is 4.42. The number of anilines is 1. The van der Waals surface area contributed by atoms with Crippen molar-refractivity contribution in [2.45, 2.75) is 12.8 Å². The zero-order chi connectivity index (χ0) is 12.3. The predicted octanol–water partition coefficient (Wildman–Crippen LogP) is 1.51. The number of fused-ring (bicyclic) bond motifs is 1. The van der Waals surface area contributed by atoms with E-state index in [1.165, 1.54) is 5.56 Å². The highest BCUT2D eigenvalue weighted by Crippen LogP contribution is 2.27. The third-order valence-corrected chi connectivity index (χ3v) is 2.85. The number of aryl methyl sites for hydroxylation is 1. The van der Waals surface area contributed by atoms with Crippen molar-refractivity contribution in [2.24, 2.45) is 0 Å². The number of rotatable bonds is 3. The van der Waals surface area contributed by atoms with Gasteiger partial charge in [0.1, 0.15) is 5.75 Å². The Bertz CT molecular complexity index is 416. The Hall–Kier alpha value is -1.71. The molecule has 2 rings (SSSR count). The van der Waals surface area contributed by atoms with E-state index >= 15 is 0 Å². The molecule has 0 aromatic heterocycles. The van der Waals surface area contributed by atoms with Crippen LogP contribution in [0.5, 0.6) is 5.75 Å². The van der Waals surface area contributed by atoms with E-state index in [4.69, 9.17) is 4.74 Å². The normalized spacial score (nSPS) is 13.5. The number of nitrogens with zero attached hydrogens (tertiary/aromatic N) is 1. The Balaban J connectivity index is 2.00. The summed E-state index contributed by atoms with van der Waals surface area (Å²) in [7, 11) is 3.51. The Morgan fingerprint density at radius 2 is 2.29 bits per heavy atom. The summed E-state index contributed by atoms with van der Waals surface area (Å²) in [6, 6.07) is 5.99. The van der Waals surface area contributed by atoms with E-state index in [9.17, 15) is 4.79 Å². The standard InChI is InChI=1S/C13H18N2O2/c1-15(2)13(16)9-14-11-5-6-12-10(8-11)4-3-7-17-12/h5-6,8,14H,3-4,7,9H2,1-2H3. The molecule has 0 aliphatic carbocycles. The molecule has 1 aliphatic rings. The van der Waals surface area contributed by atoms with Gasteiger partial charge < -0.3 is 15.0 Å². The second-order valence-electron chi connectivity index (χ2n) is 4.42. The fourth-order valence-corrected chi connectivity index (χ4v) is 1.81. The lowest BCUT2D eigenvalue weighted by Gasteiger charge is -2.18. The van der Waals surface area contributed by atoms with Gasteiger partial charge >= 0.3 is 0 Å². The third kappa shape index (κ3) is 2.90.